The van der Waals surface area contributed by atoms with Gasteiger partial charge in [-0.05, 0) is 55.7 Å². The normalized spacial score (nSPS) is 32.3. The van der Waals surface area contributed by atoms with Gasteiger partial charge in [0.1, 0.15) is 23.7 Å². The molecule has 2 aliphatic heterocycles. The van der Waals surface area contributed by atoms with Crippen LogP contribution in [0.25, 0.3) is 11.1 Å². The van der Waals surface area contributed by atoms with E-state index in [2.05, 4.69) is 28.2 Å². The molecule has 3 heterocycles. The predicted molar refractivity (Wildman–Crippen MR) is 117 cm³/mol. The van der Waals surface area contributed by atoms with E-state index in [9.17, 15) is 0 Å². The Labute approximate surface area is 180 Å². The minimum Gasteiger partial charge on any atom is -0.490 e. The Kier molecular flexibility index (Phi) is 4.49. The third-order valence-corrected chi connectivity index (χ3v) is 7.96. The molecular formula is C23H26N4O2S. The van der Waals surface area contributed by atoms with E-state index in [0.29, 0.717) is 11.3 Å². The quantitative estimate of drug-likeness (QED) is 0.808. The first-order chi connectivity index (χ1) is 14.7. The van der Waals surface area contributed by atoms with Crippen LogP contribution in [0.15, 0.2) is 41.9 Å². The Morgan fingerprint density at radius 1 is 1.13 bits per heavy atom. The van der Waals surface area contributed by atoms with Crippen molar-refractivity contribution in [2.45, 2.75) is 49.9 Å². The molecule has 6 nitrogen and oxygen atoms in total. The number of hydrogen-bond donors (Lipinski definition) is 1. The predicted octanol–water partition coefficient (Wildman–Crippen LogP) is 3.76. The van der Waals surface area contributed by atoms with Gasteiger partial charge in [-0.1, -0.05) is 17.8 Å². The number of benzene rings is 1. The van der Waals surface area contributed by atoms with E-state index in [1.54, 1.807) is 18.1 Å². The van der Waals surface area contributed by atoms with Gasteiger partial charge in [-0.15, -0.1) is 0 Å². The number of fused-ring (bicyclic) bond motifs is 4. The van der Waals surface area contributed by atoms with E-state index < -0.39 is 0 Å². The van der Waals surface area contributed by atoms with Crippen molar-refractivity contribution < 1.29 is 9.47 Å². The molecule has 0 amide bonds. The number of amidine groups is 1. The van der Waals surface area contributed by atoms with Crippen LogP contribution in [0.2, 0.25) is 0 Å². The molecule has 4 aliphatic rings. The molecule has 4 atom stereocenters. The molecular weight excluding hydrogens is 396 g/mol. The summed E-state index contributed by atoms with van der Waals surface area (Å²) in [6, 6.07) is 6.38. The monoisotopic (exact) mass is 422 g/mol. The molecule has 6 rings (SSSR count). The average molecular weight is 423 g/mol. The minimum atomic E-state index is -0.347. The lowest BCUT2D eigenvalue weighted by atomic mass is 9.67. The van der Waals surface area contributed by atoms with Gasteiger partial charge in [-0.2, -0.15) is 0 Å². The molecule has 1 aromatic heterocycles. The first kappa shape index (κ1) is 18.6. The van der Waals surface area contributed by atoms with Crippen LogP contribution in [0.5, 0.6) is 5.75 Å². The maximum absolute atomic E-state index is 6.53. The maximum Gasteiger partial charge on any atom is 0.154 e. The zero-order chi connectivity index (χ0) is 20.1. The minimum absolute atomic E-state index is 0.166. The largest absolute Gasteiger partial charge is 0.490 e. The molecule has 30 heavy (non-hydrogen) atoms. The first-order valence-electron chi connectivity index (χ1n) is 10.9. The summed E-state index contributed by atoms with van der Waals surface area (Å²) in [5, 5.41) is 0.677. The Morgan fingerprint density at radius 2 is 2.00 bits per heavy atom. The summed E-state index contributed by atoms with van der Waals surface area (Å²) < 4.78 is 12.8. The summed E-state index contributed by atoms with van der Waals surface area (Å²) in [5.41, 5.74) is 9.10. The van der Waals surface area contributed by atoms with Crippen molar-refractivity contribution in [3.05, 3.63) is 42.5 Å². The van der Waals surface area contributed by atoms with Gasteiger partial charge >= 0.3 is 0 Å². The number of nitrogens with zero attached hydrogens (tertiary/aromatic N) is 3. The molecule has 0 radical (unpaired) electrons. The molecule has 1 spiro atoms. The molecule has 7 heteroatoms. The average Bonchev–Trinajstić information content (AvgIpc) is 3.54. The number of nitrogens with two attached hydrogens (primary N) is 1. The Bertz CT molecular complexity index is 980. The van der Waals surface area contributed by atoms with Crippen LogP contribution in [0.4, 0.5) is 0 Å². The molecule has 2 N–H and O–H groups in total. The number of rotatable bonds is 4. The topological polar surface area (TPSA) is 82.6 Å². The highest BCUT2D eigenvalue weighted by atomic mass is 32.2. The smallest absolute Gasteiger partial charge is 0.154 e. The van der Waals surface area contributed by atoms with Crippen molar-refractivity contribution in [1.82, 2.24) is 9.97 Å². The van der Waals surface area contributed by atoms with Crippen LogP contribution in [0.1, 0.15) is 37.7 Å². The number of thioether (sulfide) groups is 1. The Morgan fingerprint density at radius 3 is 2.77 bits per heavy atom. The molecule has 2 unspecified atom stereocenters. The molecule has 1 aromatic carbocycles. The lowest BCUT2D eigenvalue weighted by Crippen LogP contribution is -2.51. The van der Waals surface area contributed by atoms with E-state index >= 15 is 0 Å². The van der Waals surface area contributed by atoms with Crippen LogP contribution < -0.4 is 10.5 Å². The highest BCUT2D eigenvalue weighted by Crippen LogP contribution is 2.55. The number of aromatic nitrogens is 2. The summed E-state index contributed by atoms with van der Waals surface area (Å²) in [7, 11) is 0. The summed E-state index contributed by atoms with van der Waals surface area (Å²) >= 11 is 1.66. The second kappa shape index (κ2) is 7.24. The van der Waals surface area contributed by atoms with Gasteiger partial charge in [0, 0.05) is 41.8 Å². The van der Waals surface area contributed by atoms with E-state index in [0.717, 1.165) is 60.0 Å². The van der Waals surface area contributed by atoms with Gasteiger partial charge in [0.25, 0.3) is 0 Å². The van der Waals surface area contributed by atoms with Gasteiger partial charge in [-0.25, -0.2) is 15.0 Å². The Balaban J connectivity index is 1.38. The van der Waals surface area contributed by atoms with E-state index in [1.165, 1.54) is 12.8 Å². The van der Waals surface area contributed by atoms with Crippen LogP contribution in [0, 0.1) is 11.8 Å². The van der Waals surface area contributed by atoms with Crippen molar-refractivity contribution in [3.63, 3.8) is 0 Å². The van der Waals surface area contributed by atoms with Crippen LogP contribution in [-0.4, -0.2) is 39.7 Å². The van der Waals surface area contributed by atoms with Gasteiger partial charge in [0.2, 0.25) is 0 Å². The number of aliphatic imine (C=N–C) groups is 1. The summed E-state index contributed by atoms with van der Waals surface area (Å²) in [5.74, 6) is 2.86. The van der Waals surface area contributed by atoms with Crippen molar-refractivity contribution in [3.8, 4) is 16.9 Å². The SMILES string of the molecule is NC1=N[C@@]2(CS1)c1cc(-c3cncnc3)ccc1OC1CCC(OCC3CC3)C[C@@H]12. The van der Waals surface area contributed by atoms with Crippen molar-refractivity contribution in [2.24, 2.45) is 22.6 Å². The summed E-state index contributed by atoms with van der Waals surface area (Å²) in [4.78, 5) is 13.4. The molecule has 0 bridgehead atoms. The lowest BCUT2D eigenvalue weighted by Gasteiger charge is -2.48. The summed E-state index contributed by atoms with van der Waals surface area (Å²) in [6.07, 6.45) is 11.4. The van der Waals surface area contributed by atoms with E-state index in [4.69, 9.17) is 20.2 Å². The fourth-order valence-corrected chi connectivity index (χ4v) is 6.22. The van der Waals surface area contributed by atoms with Gasteiger partial charge in [0.05, 0.1) is 6.10 Å². The number of ether oxygens (including phenoxy) is 2. The fourth-order valence-electron chi connectivity index (χ4n) is 5.19. The molecule has 2 aliphatic carbocycles. The Hall–Kier alpha value is -2.12. The molecule has 156 valence electrons. The summed E-state index contributed by atoms with van der Waals surface area (Å²) in [6.45, 7) is 0.908. The number of hydrogen-bond acceptors (Lipinski definition) is 7. The molecule has 2 fully saturated rings. The van der Waals surface area contributed by atoms with Gasteiger partial charge in [-0.3, -0.25) is 0 Å². The third-order valence-electron chi connectivity index (χ3n) is 6.98. The second-order valence-electron chi connectivity index (χ2n) is 8.98. The zero-order valence-corrected chi connectivity index (χ0v) is 17.7. The highest BCUT2D eigenvalue weighted by Gasteiger charge is 2.54. The van der Waals surface area contributed by atoms with Crippen LogP contribution >= 0.6 is 11.8 Å². The van der Waals surface area contributed by atoms with Gasteiger partial charge < -0.3 is 15.2 Å². The molecule has 0 saturated heterocycles. The highest BCUT2D eigenvalue weighted by molar-refractivity contribution is 8.14. The standard InChI is InChI=1S/C23H26N4O2S/c24-22-27-23(12-30-22)18-7-15(16-9-25-13-26-10-16)3-5-20(18)29-21-6-4-17(8-19(21)23)28-11-14-1-2-14/h3,5,7,9-10,13-14,17,19,21H,1-2,4,6,8,11-12H2,(H2,24,27)/t17?,19-,21?,23-/m0/s1. The molecule has 2 saturated carbocycles. The van der Waals surface area contributed by atoms with Crippen molar-refractivity contribution >= 4 is 16.9 Å². The molecule has 2 aromatic rings. The zero-order valence-electron chi connectivity index (χ0n) is 16.9. The third kappa shape index (κ3) is 3.19. The lowest BCUT2D eigenvalue weighted by molar-refractivity contribution is -0.0564. The van der Waals surface area contributed by atoms with E-state index in [1.807, 2.05) is 12.4 Å². The van der Waals surface area contributed by atoms with Crippen molar-refractivity contribution in [1.29, 1.82) is 0 Å². The van der Waals surface area contributed by atoms with Crippen LogP contribution in [-0.2, 0) is 10.3 Å². The van der Waals surface area contributed by atoms with Gasteiger partial charge in [0.15, 0.2) is 5.17 Å². The maximum atomic E-state index is 6.53. The second-order valence-corrected chi connectivity index (χ2v) is 9.97. The van der Waals surface area contributed by atoms with E-state index in [-0.39, 0.29) is 17.6 Å². The van der Waals surface area contributed by atoms with Crippen molar-refractivity contribution in [2.75, 3.05) is 12.4 Å². The fraction of sp³-hybridized carbons (Fsp3) is 0.522. The first-order valence-corrected chi connectivity index (χ1v) is 11.9. The van der Waals surface area contributed by atoms with Crippen LogP contribution in [0.3, 0.4) is 0 Å².